The molecule has 0 atom stereocenters. The predicted octanol–water partition coefficient (Wildman–Crippen LogP) is 0.649. The molecule has 12 heavy (non-hydrogen) atoms. The summed E-state index contributed by atoms with van der Waals surface area (Å²) in [4.78, 5) is 0. The monoisotopic (exact) mass is 173 g/mol. The average Bonchev–Trinajstić information content (AvgIpc) is 2.00. The molecule has 1 heterocycles. The Morgan fingerprint density at radius 2 is 2.08 bits per heavy atom. The third kappa shape index (κ3) is 4.04. The summed E-state index contributed by atoms with van der Waals surface area (Å²) in [5.74, 6) is 0.868. The minimum Gasteiger partial charge on any atom is -0.385 e. The van der Waals surface area contributed by atoms with Crippen LogP contribution in [-0.2, 0) is 9.47 Å². The first kappa shape index (κ1) is 9.96. The van der Waals surface area contributed by atoms with Crippen molar-refractivity contribution in [3.05, 3.63) is 0 Å². The van der Waals surface area contributed by atoms with Gasteiger partial charge in [-0.3, -0.25) is 0 Å². The normalized spacial score (nSPS) is 17.8. The van der Waals surface area contributed by atoms with Crippen molar-refractivity contribution in [3.8, 4) is 0 Å². The van der Waals surface area contributed by atoms with E-state index < -0.39 is 0 Å². The fourth-order valence-electron chi connectivity index (χ4n) is 1.21. The van der Waals surface area contributed by atoms with Gasteiger partial charge < -0.3 is 14.8 Å². The van der Waals surface area contributed by atoms with Gasteiger partial charge in [0.1, 0.15) is 0 Å². The van der Waals surface area contributed by atoms with Crippen LogP contribution >= 0.6 is 0 Å². The first-order chi connectivity index (χ1) is 5.93. The van der Waals surface area contributed by atoms with Crippen molar-refractivity contribution in [3.63, 3.8) is 0 Å². The van der Waals surface area contributed by atoms with Crippen molar-refractivity contribution >= 4 is 0 Å². The zero-order chi connectivity index (χ0) is 8.65. The molecule has 1 N–H and O–H groups in total. The molecule has 0 aromatic rings. The van der Waals surface area contributed by atoms with Crippen LogP contribution < -0.4 is 5.32 Å². The van der Waals surface area contributed by atoms with Gasteiger partial charge in [0.2, 0.25) is 0 Å². The molecule has 0 unspecified atom stereocenters. The Morgan fingerprint density at radius 1 is 1.25 bits per heavy atom. The Labute approximate surface area is 74.4 Å². The summed E-state index contributed by atoms with van der Waals surface area (Å²) in [5.41, 5.74) is 0. The van der Waals surface area contributed by atoms with E-state index in [1.165, 1.54) is 19.5 Å². The Bertz CT molecular complexity index is 105. The average molecular weight is 173 g/mol. The molecule has 0 aliphatic carbocycles. The molecule has 1 aliphatic heterocycles. The van der Waals surface area contributed by atoms with Gasteiger partial charge in [-0.1, -0.05) is 0 Å². The van der Waals surface area contributed by atoms with Gasteiger partial charge in [0, 0.05) is 26.9 Å². The van der Waals surface area contributed by atoms with E-state index in [0.717, 1.165) is 32.2 Å². The standard InChI is InChI=1S/C9H19NO2/c1-11-4-2-5-12-6-3-9-7-10-8-9/h9-10H,2-8H2,1H3. The second kappa shape index (κ2) is 6.40. The highest BCUT2D eigenvalue weighted by atomic mass is 16.5. The van der Waals surface area contributed by atoms with Crippen molar-refractivity contribution < 1.29 is 9.47 Å². The summed E-state index contributed by atoms with van der Waals surface area (Å²) in [5, 5.41) is 3.25. The van der Waals surface area contributed by atoms with Crippen molar-refractivity contribution in [1.82, 2.24) is 5.32 Å². The van der Waals surface area contributed by atoms with Gasteiger partial charge in [0.25, 0.3) is 0 Å². The molecule has 1 rings (SSSR count). The third-order valence-corrected chi connectivity index (χ3v) is 2.17. The molecule has 0 saturated carbocycles. The summed E-state index contributed by atoms with van der Waals surface area (Å²) in [7, 11) is 1.72. The van der Waals surface area contributed by atoms with Crippen LogP contribution in [0.15, 0.2) is 0 Å². The lowest BCUT2D eigenvalue weighted by Gasteiger charge is -2.26. The van der Waals surface area contributed by atoms with Crippen LogP contribution in [0.2, 0.25) is 0 Å². The highest BCUT2D eigenvalue weighted by molar-refractivity contribution is 4.73. The Kier molecular flexibility index (Phi) is 5.32. The molecule has 0 radical (unpaired) electrons. The smallest absolute Gasteiger partial charge is 0.0487 e. The van der Waals surface area contributed by atoms with Gasteiger partial charge in [0.15, 0.2) is 0 Å². The van der Waals surface area contributed by atoms with Crippen LogP contribution in [0.5, 0.6) is 0 Å². The van der Waals surface area contributed by atoms with Crippen LogP contribution in [0, 0.1) is 5.92 Å². The second-order valence-corrected chi connectivity index (χ2v) is 3.27. The van der Waals surface area contributed by atoms with Gasteiger partial charge in [-0.05, 0) is 31.8 Å². The zero-order valence-corrected chi connectivity index (χ0v) is 7.84. The van der Waals surface area contributed by atoms with Crippen molar-refractivity contribution in [2.24, 2.45) is 5.92 Å². The van der Waals surface area contributed by atoms with E-state index in [1.807, 2.05) is 0 Å². The van der Waals surface area contributed by atoms with Gasteiger partial charge in [-0.2, -0.15) is 0 Å². The molecule has 0 spiro atoms. The summed E-state index contributed by atoms with van der Waals surface area (Å²) < 4.78 is 10.3. The molecule has 3 nitrogen and oxygen atoms in total. The lowest BCUT2D eigenvalue weighted by Crippen LogP contribution is -2.42. The lowest BCUT2D eigenvalue weighted by atomic mass is 10.0. The van der Waals surface area contributed by atoms with Crippen LogP contribution in [0.3, 0.4) is 0 Å². The lowest BCUT2D eigenvalue weighted by molar-refractivity contribution is 0.0884. The number of rotatable bonds is 7. The van der Waals surface area contributed by atoms with Gasteiger partial charge >= 0.3 is 0 Å². The zero-order valence-electron chi connectivity index (χ0n) is 7.84. The van der Waals surface area contributed by atoms with E-state index in [1.54, 1.807) is 7.11 Å². The number of hydrogen-bond acceptors (Lipinski definition) is 3. The maximum atomic E-state index is 5.43. The summed E-state index contributed by atoms with van der Waals surface area (Å²) in [6.45, 7) is 4.93. The van der Waals surface area contributed by atoms with E-state index in [9.17, 15) is 0 Å². The van der Waals surface area contributed by atoms with Gasteiger partial charge in [0.05, 0.1) is 0 Å². The summed E-state index contributed by atoms with van der Waals surface area (Å²) >= 11 is 0. The maximum Gasteiger partial charge on any atom is 0.0487 e. The molecule has 72 valence electrons. The molecule has 0 aromatic carbocycles. The van der Waals surface area contributed by atoms with Crippen molar-refractivity contribution in [2.75, 3.05) is 40.0 Å². The molecule has 1 aliphatic rings. The number of ether oxygens (including phenoxy) is 2. The number of methoxy groups -OCH3 is 1. The number of nitrogens with one attached hydrogen (secondary N) is 1. The Balaban J connectivity index is 1.70. The molecular formula is C9H19NO2. The number of hydrogen-bond donors (Lipinski definition) is 1. The SMILES string of the molecule is COCCCOCCC1CNC1. The highest BCUT2D eigenvalue weighted by Crippen LogP contribution is 2.07. The maximum absolute atomic E-state index is 5.43. The molecule has 0 amide bonds. The molecule has 3 heteroatoms. The second-order valence-electron chi connectivity index (χ2n) is 3.27. The molecule has 1 saturated heterocycles. The van der Waals surface area contributed by atoms with Crippen LogP contribution in [0.25, 0.3) is 0 Å². The molecular weight excluding hydrogens is 154 g/mol. The first-order valence-corrected chi connectivity index (χ1v) is 4.71. The Hall–Kier alpha value is -0.120. The van der Waals surface area contributed by atoms with Gasteiger partial charge in [-0.25, -0.2) is 0 Å². The molecule has 0 bridgehead atoms. The quantitative estimate of drug-likeness (QED) is 0.573. The minimum absolute atomic E-state index is 0.811. The van der Waals surface area contributed by atoms with Crippen molar-refractivity contribution in [2.45, 2.75) is 12.8 Å². The topological polar surface area (TPSA) is 30.5 Å². The van der Waals surface area contributed by atoms with E-state index in [2.05, 4.69) is 5.32 Å². The fraction of sp³-hybridized carbons (Fsp3) is 1.00. The van der Waals surface area contributed by atoms with Crippen molar-refractivity contribution in [1.29, 1.82) is 0 Å². The van der Waals surface area contributed by atoms with E-state index in [-0.39, 0.29) is 0 Å². The minimum atomic E-state index is 0.811. The summed E-state index contributed by atoms with van der Waals surface area (Å²) in [6.07, 6.45) is 2.22. The van der Waals surface area contributed by atoms with E-state index in [4.69, 9.17) is 9.47 Å². The van der Waals surface area contributed by atoms with Crippen LogP contribution in [0.4, 0.5) is 0 Å². The predicted molar refractivity (Wildman–Crippen MR) is 48.3 cm³/mol. The van der Waals surface area contributed by atoms with Crippen LogP contribution in [-0.4, -0.2) is 40.0 Å². The van der Waals surface area contributed by atoms with Gasteiger partial charge in [-0.15, -0.1) is 0 Å². The fourth-order valence-corrected chi connectivity index (χ4v) is 1.21. The highest BCUT2D eigenvalue weighted by Gasteiger charge is 2.15. The Morgan fingerprint density at radius 3 is 2.67 bits per heavy atom. The van der Waals surface area contributed by atoms with Crippen LogP contribution in [0.1, 0.15) is 12.8 Å². The first-order valence-electron chi connectivity index (χ1n) is 4.71. The third-order valence-electron chi connectivity index (χ3n) is 2.17. The van der Waals surface area contributed by atoms with E-state index in [0.29, 0.717) is 0 Å². The molecule has 1 fully saturated rings. The molecule has 0 aromatic heterocycles. The largest absolute Gasteiger partial charge is 0.385 e. The summed E-state index contributed by atoms with van der Waals surface area (Å²) in [6, 6.07) is 0. The van der Waals surface area contributed by atoms with E-state index >= 15 is 0 Å².